The third kappa shape index (κ3) is 3.23. The topological polar surface area (TPSA) is 70.2 Å². The Morgan fingerprint density at radius 2 is 1.83 bits per heavy atom. The molecule has 4 fully saturated rings. The van der Waals surface area contributed by atoms with Gasteiger partial charge in [0.2, 0.25) is 5.91 Å². The molecule has 0 aromatic heterocycles. The first-order valence-electron chi connectivity index (χ1n) is 11.5. The highest BCUT2D eigenvalue weighted by molar-refractivity contribution is 6.02. The molecule has 6 rings (SSSR count). The third-order valence-corrected chi connectivity index (χ3v) is 8.19. The first-order valence-corrected chi connectivity index (χ1v) is 11.5. The van der Waals surface area contributed by atoms with Crippen molar-refractivity contribution in [2.45, 2.75) is 82.8 Å². The van der Waals surface area contributed by atoms with Gasteiger partial charge in [0.15, 0.2) is 0 Å². The lowest BCUT2D eigenvalue weighted by atomic mass is 9.51. The van der Waals surface area contributed by atoms with Crippen molar-refractivity contribution in [2.75, 3.05) is 5.32 Å². The number of hydrogen-bond donors (Lipinski definition) is 3. The van der Waals surface area contributed by atoms with E-state index in [1.54, 1.807) is 0 Å². The number of hydrogen-bond acceptors (Lipinski definition) is 3. The van der Waals surface area contributed by atoms with Gasteiger partial charge in [-0.05, 0) is 56.1 Å². The number of carbonyl (C=O) groups excluding carboxylic acids is 2. The van der Waals surface area contributed by atoms with Crippen LogP contribution in [0.3, 0.4) is 0 Å². The van der Waals surface area contributed by atoms with Gasteiger partial charge in [0.05, 0.1) is 5.56 Å². The number of rotatable bonds is 2. The van der Waals surface area contributed by atoms with E-state index >= 15 is 0 Å². The van der Waals surface area contributed by atoms with Gasteiger partial charge in [0, 0.05) is 23.6 Å². The Morgan fingerprint density at radius 3 is 2.59 bits per heavy atom. The molecule has 1 aromatic rings. The predicted molar refractivity (Wildman–Crippen MR) is 113 cm³/mol. The maximum atomic E-state index is 13.3. The van der Waals surface area contributed by atoms with Gasteiger partial charge in [-0.3, -0.25) is 9.59 Å². The molecule has 0 radical (unpaired) electrons. The number of benzene rings is 1. The smallest absolute Gasteiger partial charge is 0.255 e. The summed E-state index contributed by atoms with van der Waals surface area (Å²) in [6.07, 6.45) is 11.1. The van der Waals surface area contributed by atoms with Crippen molar-refractivity contribution in [3.8, 4) is 0 Å². The van der Waals surface area contributed by atoms with Crippen LogP contribution in [0.5, 0.6) is 0 Å². The van der Waals surface area contributed by atoms with E-state index in [2.05, 4.69) is 22.9 Å². The summed E-state index contributed by atoms with van der Waals surface area (Å²) in [5, 5.41) is 10.4. The average molecular weight is 396 g/mol. The van der Waals surface area contributed by atoms with E-state index < -0.39 is 5.66 Å². The monoisotopic (exact) mass is 395 g/mol. The fourth-order valence-electron chi connectivity index (χ4n) is 6.58. The number of carbonyl (C=O) groups is 2. The Hall–Kier alpha value is -2.04. The minimum absolute atomic E-state index is 0.00922. The molecule has 5 heteroatoms. The molecule has 156 valence electrons. The van der Waals surface area contributed by atoms with Gasteiger partial charge in [-0.15, -0.1) is 0 Å². The minimum Gasteiger partial charge on any atom is -0.362 e. The van der Waals surface area contributed by atoms with Gasteiger partial charge in [0.1, 0.15) is 5.66 Å². The summed E-state index contributed by atoms with van der Waals surface area (Å²) in [6, 6.07) is 8.10. The van der Waals surface area contributed by atoms with Gasteiger partial charge < -0.3 is 16.0 Å². The normalized spacial score (nSPS) is 36.7. The van der Waals surface area contributed by atoms with Crippen LogP contribution in [0.1, 0.15) is 81.5 Å². The highest BCUT2D eigenvalue weighted by Gasteiger charge is 2.60. The fourth-order valence-corrected chi connectivity index (χ4v) is 6.58. The summed E-state index contributed by atoms with van der Waals surface area (Å²) in [7, 11) is 0. The van der Waals surface area contributed by atoms with Gasteiger partial charge in [0.25, 0.3) is 5.91 Å². The van der Waals surface area contributed by atoms with Crippen LogP contribution in [0.4, 0.5) is 5.69 Å². The SMILES string of the molecule is C[C@@]12CC[C@@H](C[C@H]1C(=O)NC1CCCCCC1)[C@]1(C2)NC(=O)c2ccccc2N1. The Bertz CT molecular complexity index is 816. The van der Waals surface area contributed by atoms with Crippen molar-refractivity contribution in [3.63, 3.8) is 0 Å². The zero-order valence-corrected chi connectivity index (χ0v) is 17.4. The summed E-state index contributed by atoms with van der Waals surface area (Å²) in [6.45, 7) is 2.26. The predicted octanol–water partition coefficient (Wildman–Crippen LogP) is 4.20. The molecule has 0 unspecified atom stereocenters. The standard InChI is InChI=1S/C24H33N3O2/c1-23-13-12-16(14-19(23)22(29)25-17-8-4-2-3-5-9-17)24(15-23)26-20-11-7-6-10-18(20)21(28)27-24/h6-7,10-11,16-17,19,26H,2-5,8-9,12-15H2,1H3,(H,25,29)(H,27,28)/t16-,19-,23-,24-/m0/s1. The average Bonchev–Trinajstić information content (AvgIpc) is 2.96. The second kappa shape index (κ2) is 7.03. The van der Waals surface area contributed by atoms with Gasteiger partial charge in [-0.2, -0.15) is 0 Å². The van der Waals surface area contributed by atoms with Crippen LogP contribution < -0.4 is 16.0 Å². The summed E-state index contributed by atoms with van der Waals surface area (Å²) in [4.78, 5) is 26.1. The zero-order chi connectivity index (χ0) is 20.1. The molecule has 2 bridgehead atoms. The van der Waals surface area contributed by atoms with Crippen LogP contribution >= 0.6 is 0 Å². The van der Waals surface area contributed by atoms with Crippen molar-refractivity contribution < 1.29 is 9.59 Å². The fraction of sp³-hybridized carbons (Fsp3) is 0.667. The molecule has 1 heterocycles. The van der Waals surface area contributed by atoms with Gasteiger partial charge >= 0.3 is 0 Å². The van der Waals surface area contributed by atoms with Crippen molar-refractivity contribution in [1.29, 1.82) is 0 Å². The molecule has 4 aliphatic carbocycles. The van der Waals surface area contributed by atoms with E-state index in [1.165, 1.54) is 25.7 Å². The number of fused-ring (bicyclic) bond motifs is 3. The summed E-state index contributed by atoms with van der Waals surface area (Å²) in [5.41, 5.74) is 1.13. The molecule has 2 amide bonds. The summed E-state index contributed by atoms with van der Waals surface area (Å²) in [5.74, 6) is 0.592. The van der Waals surface area contributed by atoms with E-state index in [1.807, 2.05) is 24.3 Å². The highest BCUT2D eigenvalue weighted by atomic mass is 16.2. The Morgan fingerprint density at radius 1 is 1.07 bits per heavy atom. The number of anilines is 1. The first kappa shape index (κ1) is 19.0. The highest BCUT2D eigenvalue weighted by Crippen LogP contribution is 2.58. The molecule has 5 aliphatic rings. The maximum absolute atomic E-state index is 13.3. The molecule has 4 saturated carbocycles. The second-order valence-corrected chi connectivity index (χ2v) is 10.1. The molecule has 0 saturated heterocycles. The van der Waals surface area contributed by atoms with Crippen molar-refractivity contribution in [2.24, 2.45) is 17.3 Å². The lowest BCUT2D eigenvalue weighted by Gasteiger charge is -2.60. The first-order chi connectivity index (χ1) is 14.0. The number of para-hydroxylation sites is 1. The van der Waals surface area contributed by atoms with Crippen LogP contribution in [0.25, 0.3) is 0 Å². The van der Waals surface area contributed by atoms with Crippen LogP contribution in [-0.2, 0) is 4.79 Å². The summed E-state index contributed by atoms with van der Waals surface area (Å²) < 4.78 is 0. The minimum atomic E-state index is -0.419. The molecule has 1 aliphatic heterocycles. The van der Waals surface area contributed by atoms with Crippen molar-refractivity contribution >= 4 is 17.5 Å². The molecular formula is C24H33N3O2. The molecule has 1 spiro atoms. The molecule has 29 heavy (non-hydrogen) atoms. The van der Waals surface area contributed by atoms with E-state index in [9.17, 15) is 9.59 Å². The van der Waals surface area contributed by atoms with Crippen LogP contribution in [-0.4, -0.2) is 23.5 Å². The quantitative estimate of drug-likeness (QED) is 0.657. The molecule has 5 nitrogen and oxygen atoms in total. The molecule has 1 aromatic carbocycles. The Kier molecular flexibility index (Phi) is 4.60. The van der Waals surface area contributed by atoms with Crippen LogP contribution in [0.2, 0.25) is 0 Å². The van der Waals surface area contributed by atoms with E-state index in [0.29, 0.717) is 11.6 Å². The largest absolute Gasteiger partial charge is 0.362 e. The van der Waals surface area contributed by atoms with Gasteiger partial charge in [-0.25, -0.2) is 0 Å². The Labute approximate surface area is 173 Å². The third-order valence-electron chi connectivity index (χ3n) is 8.19. The number of amides is 2. The molecule has 4 atom stereocenters. The maximum Gasteiger partial charge on any atom is 0.255 e. The van der Waals surface area contributed by atoms with Crippen LogP contribution in [0, 0.1) is 17.3 Å². The van der Waals surface area contributed by atoms with Crippen molar-refractivity contribution in [1.82, 2.24) is 10.6 Å². The number of nitrogens with one attached hydrogen (secondary N) is 3. The lowest BCUT2D eigenvalue weighted by molar-refractivity contribution is -0.140. The Balaban J connectivity index is 1.35. The van der Waals surface area contributed by atoms with Gasteiger partial charge in [-0.1, -0.05) is 44.7 Å². The van der Waals surface area contributed by atoms with Crippen LogP contribution in [0.15, 0.2) is 24.3 Å². The lowest BCUT2D eigenvalue weighted by Crippen LogP contribution is -2.70. The van der Waals surface area contributed by atoms with E-state index in [-0.39, 0.29) is 29.1 Å². The second-order valence-electron chi connectivity index (χ2n) is 10.1. The van der Waals surface area contributed by atoms with E-state index in [0.717, 1.165) is 44.2 Å². The summed E-state index contributed by atoms with van der Waals surface area (Å²) >= 11 is 0. The van der Waals surface area contributed by atoms with Crippen molar-refractivity contribution in [3.05, 3.63) is 29.8 Å². The zero-order valence-electron chi connectivity index (χ0n) is 17.4. The molecular weight excluding hydrogens is 362 g/mol. The van der Waals surface area contributed by atoms with E-state index in [4.69, 9.17) is 0 Å². The molecule has 3 N–H and O–H groups in total.